The maximum atomic E-state index is 5.69. The van der Waals surface area contributed by atoms with Gasteiger partial charge in [-0.1, -0.05) is 22.0 Å². The Hall–Kier alpha value is -0.580. The zero-order chi connectivity index (χ0) is 14.0. The summed E-state index contributed by atoms with van der Waals surface area (Å²) in [5, 5.41) is 3.27. The Morgan fingerprint density at radius 1 is 1.42 bits per heavy atom. The Balaban J connectivity index is 2.23. The number of ether oxygens (including phenoxy) is 1. The van der Waals surface area contributed by atoms with Gasteiger partial charge >= 0.3 is 0 Å². The summed E-state index contributed by atoms with van der Waals surface area (Å²) in [6, 6.07) is 7.41. The minimum absolute atomic E-state index is 0.297. The van der Waals surface area contributed by atoms with E-state index in [9.17, 15) is 0 Å². The van der Waals surface area contributed by atoms with Crippen LogP contribution in [0.25, 0.3) is 0 Å². The molecule has 1 N–H and O–H groups in total. The molecule has 19 heavy (non-hydrogen) atoms. The smallest absolute Gasteiger partial charge is 0.0723 e. The first-order chi connectivity index (χ1) is 9.02. The summed E-state index contributed by atoms with van der Waals surface area (Å²) in [5.74, 6) is 0. The predicted octanol–water partition coefficient (Wildman–Crippen LogP) is 3.34. The van der Waals surface area contributed by atoms with E-state index in [1.807, 2.05) is 7.05 Å². The SMILES string of the molecule is CNC(C)c1ccc(N2CC(C)OCC2C)cc1Br. The average molecular weight is 327 g/mol. The Labute approximate surface area is 124 Å². The van der Waals surface area contributed by atoms with Crippen molar-refractivity contribution in [3.63, 3.8) is 0 Å². The maximum absolute atomic E-state index is 5.69. The van der Waals surface area contributed by atoms with E-state index >= 15 is 0 Å². The third-order valence-electron chi connectivity index (χ3n) is 3.82. The lowest BCUT2D eigenvalue weighted by Crippen LogP contribution is -2.47. The van der Waals surface area contributed by atoms with Crippen molar-refractivity contribution in [2.24, 2.45) is 0 Å². The Morgan fingerprint density at radius 3 is 2.79 bits per heavy atom. The molecule has 0 spiro atoms. The Kier molecular flexibility index (Phi) is 4.87. The van der Waals surface area contributed by atoms with Crippen molar-refractivity contribution in [3.05, 3.63) is 28.2 Å². The van der Waals surface area contributed by atoms with Gasteiger partial charge in [0.05, 0.1) is 12.7 Å². The van der Waals surface area contributed by atoms with Crippen LogP contribution in [-0.2, 0) is 4.74 Å². The summed E-state index contributed by atoms with van der Waals surface area (Å²) in [6.07, 6.45) is 0.297. The van der Waals surface area contributed by atoms with Crippen LogP contribution in [0.5, 0.6) is 0 Å². The number of hydrogen-bond donors (Lipinski definition) is 1. The number of morpholine rings is 1. The molecule has 1 aliphatic heterocycles. The van der Waals surface area contributed by atoms with Crippen LogP contribution < -0.4 is 10.2 Å². The van der Waals surface area contributed by atoms with Gasteiger partial charge < -0.3 is 15.0 Å². The maximum Gasteiger partial charge on any atom is 0.0723 e. The van der Waals surface area contributed by atoms with Gasteiger partial charge in [0.15, 0.2) is 0 Å². The molecule has 1 aromatic carbocycles. The molecule has 0 bridgehead atoms. The minimum Gasteiger partial charge on any atom is -0.375 e. The molecule has 3 nitrogen and oxygen atoms in total. The van der Waals surface area contributed by atoms with Crippen molar-refractivity contribution >= 4 is 21.6 Å². The number of nitrogens with zero attached hydrogens (tertiary/aromatic N) is 1. The lowest BCUT2D eigenvalue weighted by atomic mass is 10.1. The number of anilines is 1. The van der Waals surface area contributed by atoms with E-state index < -0.39 is 0 Å². The van der Waals surface area contributed by atoms with Crippen molar-refractivity contribution in [2.45, 2.75) is 39.0 Å². The lowest BCUT2D eigenvalue weighted by molar-refractivity contribution is 0.0344. The second-order valence-corrected chi connectivity index (χ2v) is 6.22. The van der Waals surface area contributed by atoms with E-state index in [0.717, 1.165) is 17.6 Å². The van der Waals surface area contributed by atoms with Crippen LogP contribution in [0.4, 0.5) is 5.69 Å². The van der Waals surface area contributed by atoms with Gasteiger partial charge in [0.2, 0.25) is 0 Å². The van der Waals surface area contributed by atoms with Crippen LogP contribution in [-0.4, -0.2) is 32.3 Å². The van der Waals surface area contributed by atoms with Crippen molar-refractivity contribution in [1.82, 2.24) is 5.32 Å². The normalized spacial score (nSPS) is 25.4. The van der Waals surface area contributed by atoms with Crippen LogP contribution in [0.2, 0.25) is 0 Å². The summed E-state index contributed by atoms with van der Waals surface area (Å²) >= 11 is 3.69. The van der Waals surface area contributed by atoms with Gasteiger partial charge in [0, 0.05) is 28.8 Å². The van der Waals surface area contributed by atoms with Crippen molar-refractivity contribution in [3.8, 4) is 0 Å². The van der Waals surface area contributed by atoms with Crippen LogP contribution in [0.15, 0.2) is 22.7 Å². The third kappa shape index (κ3) is 3.30. The number of nitrogens with one attached hydrogen (secondary N) is 1. The minimum atomic E-state index is 0.297. The molecule has 4 heteroatoms. The van der Waals surface area contributed by atoms with Gasteiger partial charge in [-0.25, -0.2) is 0 Å². The van der Waals surface area contributed by atoms with Crippen LogP contribution in [0.3, 0.4) is 0 Å². The van der Waals surface area contributed by atoms with E-state index in [0.29, 0.717) is 18.2 Å². The predicted molar refractivity (Wildman–Crippen MR) is 83.8 cm³/mol. The Morgan fingerprint density at radius 2 is 2.16 bits per heavy atom. The molecule has 0 aliphatic carbocycles. The molecule has 1 fully saturated rings. The first-order valence-electron chi connectivity index (χ1n) is 6.88. The van der Waals surface area contributed by atoms with E-state index in [1.165, 1.54) is 11.3 Å². The van der Waals surface area contributed by atoms with Crippen LogP contribution in [0, 0.1) is 0 Å². The fourth-order valence-electron chi connectivity index (χ4n) is 2.46. The second kappa shape index (κ2) is 6.25. The monoisotopic (exact) mass is 326 g/mol. The highest BCUT2D eigenvalue weighted by Crippen LogP contribution is 2.30. The van der Waals surface area contributed by atoms with Crippen LogP contribution in [0.1, 0.15) is 32.4 Å². The molecule has 1 heterocycles. The molecular weight excluding hydrogens is 304 g/mol. The van der Waals surface area contributed by atoms with Gasteiger partial charge in [-0.2, -0.15) is 0 Å². The molecular formula is C15H23BrN2O. The van der Waals surface area contributed by atoms with E-state index in [4.69, 9.17) is 4.74 Å². The summed E-state index contributed by atoms with van der Waals surface area (Å²) in [6.45, 7) is 8.26. The van der Waals surface area contributed by atoms with Gasteiger partial charge in [-0.05, 0) is 45.5 Å². The van der Waals surface area contributed by atoms with Crippen molar-refractivity contribution in [2.75, 3.05) is 25.1 Å². The van der Waals surface area contributed by atoms with Crippen molar-refractivity contribution in [1.29, 1.82) is 0 Å². The average Bonchev–Trinajstić information content (AvgIpc) is 2.40. The highest BCUT2D eigenvalue weighted by Gasteiger charge is 2.24. The fourth-order valence-corrected chi connectivity index (χ4v) is 3.17. The standard InChI is InChI=1S/C15H23BrN2O/c1-10-9-19-11(2)8-18(10)13-5-6-14(12(3)17-4)15(16)7-13/h5-7,10-12,17H,8-9H2,1-4H3. The summed E-state index contributed by atoms with van der Waals surface area (Å²) in [7, 11) is 1.98. The summed E-state index contributed by atoms with van der Waals surface area (Å²) in [5.41, 5.74) is 2.56. The number of hydrogen-bond acceptors (Lipinski definition) is 3. The zero-order valence-electron chi connectivity index (χ0n) is 12.1. The molecule has 0 aromatic heterocycles. The molecule has 1 aliphatic rings. The molecule has 106 valence electrons. The fraction of sp³-hybridized carbons (Fsp3) is 0.600. The number of halogens is 1. The lowest BCUT2D eigenvalue weighted by Gasteiger charge is -2.38. The highest BCUT2D eigenvalue weighted by atomic mass is 79.9. The largest absolute Gasteiger partial charge is 0.375 e. The molecule has 2 rings (SSSR count). The second-order valence-electron chi connectivity index (χ2n) is 5.36. The molecule has 3 unspecified atom stereocenters. The van der Waals surface area contributed by atoms with Crippen LogP contribution >= 0.6 is 15.9 Å². The quantitative estimate of drug-likeness (QED) is 0.921. The van der Waals surface area contributed by atoms with E-state index in [1.54, 1.807) is 0 Å². The molecule has 3 atom stereocenters. The van der Waals surface area contributed by atoms with Gasteiger partial charge in [-0.3, -0.25) is 0 Å². The first kappa shape index (κ1) is 14.8. The third-order valence-corrected chi connectivity index (χ3v) is 4.51. The summed E-state index contributed by atoms with van der Waals surface area (Å²) in [4.78, 5) is 2.42. The van der Waals surface area contributed by atoms with Crippen molar-refractivity contribution < 1.29 is 4.74 Å². The number of rotatable bonds is 3. The topological polar surface area (TPSA) is 24.5 Å². The zero-order valence-corrected chi connectivity index (χ0v) is 13.7. The molecule has 0 saturated carbocycles. The Bertz CT molecular complexity index is 438. The summed E-state index contributed by atoms with van der Waals surface area (Å²) < 4.78 is 6.85. The molecule has 1 aromatic rings. The molecule has 0 amide bonds. The number of benzene rings is 1. The highest BCUT2D eigenvalue weighted by molar-refractivity contribution is 9.10. The van der Waals surface area contributed by atoms with Gasteiger partial charge in [0.25, 0.3) is 0 Å². The van der Waals surface area contributed by atoms with Gasteiger partial charge in [0.1, 0.15) is 0 Å². The molecule has 0 radical (unpaired) electrons. The molecule has 1 saturated heterocycles. The van der Waals surface area contributed by atoms with E-state index in [2.05, 4.69) is 65.1 Å². The first-order valence-corrected chi connectivity index (χ1v) is 7.67. The van der Waals surface area contributed by atoms with Gasteiger partial charge in [-0.15, -0.1) is 0 Å². The van der Waals surface area contributed by atoms with E-state index in [-0.39, 0.29) is 0 Å².